The summed E-state index contributed by atoms with van der Waals surface area (Å²) in [4.78, 5) is 0.351. The first kappa shape index (κ1) is 17.0. The third-order valence-corrected chi connectivity index (χ3v) is 6.67. The molecule has 2 unspecified atom stereocenters. The highest BCUT2D eigenvalue weighted by atomic mass is 35.5. The molecule has 1 N–H and O–H groups in total. The number of rotatable bonds is 2. The fourth-order valence-corrected chi connectivity index (χ4v) is 5.69. The van der Waals surface area contributed by atoms with Crippen LogP contribution in [-0.4, -0.2) is 37.9 Å². The number of hydrogen-bond donors (Lipinski definition) is 1. The highest BCUT2D eigenvalue weighted by Gasteiger charge is 2.43. The molecule has 21 heavy (non-hydrogen) atoms. The molecule has 118 valence electrons. The van der Waals surface area contributed by atoms with E-state index in [0.717, 1.165) is 37.9 Å². The van der Waals surface area contributed by atoms with Gasteiger partial charge >= 0.3 is 0 Å². The van der Waals surface area contributed by atoms with Gasteiger partial charge in [0.1, 0.15) is 0 Å². The van der Waals surface area contributed by atoms with Gasteiger partial charge in [-0.3, -0.25) is 0 Å². The number of hydrogen-bond acceptors (Lipinski definition) is 3. The lowest BCUT2D eigenvalue weighted by atomic mass is 10.1. The van der Waals surface area contributed by atoms with Crippen molar-refractivity contribution in [1.82, 2.24) is 9.62 Å². The average molecular weight is 351 g/mol. The van der Waals surface area contributed by atoms with Crippen molar-refractivity contribution >= 4 is 34.0 Å². The molecule has 7 heteroatoms. The van der Waals surface area contributed by atoms with Gasteiger partial charge in [0.2, 0.25) is 10.0 Å². The van der Waals surface area contributed by atoms with Gasteiger partial charge < -0.3 is 5.32 Å². The van der Waals surface area contributed by atoms with Gasteiger partial charge in [-0.25, -0.2) is 8.42 Å². The molecule has 1 aromatic rings. The van der Waals surface area contributed by atoms with Gasteiger partial charge in [-0.05, 0) is 50.4 Å². The lowest BCUT2D eigenvalue weighted by Gasteiger charge is -2.27. The number of nitrogens with one attached hydrogen (secondary N) is 1. The van der Waals surface area contributed by atoms with E-state index in [2.05, 4.69) is 5.32 Å². The van der Waals surface area contributed by atoms with Crippen LogP contribution in [0.15, 0.2) is 23.1 Å². The van der Waals surface area contributed by atoms with Gasteiger partial charge in [0.05, 0.1) is 4.90 Å². The van der Waals surface area contributed by atoms with Crippen molar-refractivity contribution in [3.8, 4) is 0 Å². The highest BCUT2D eigenvalue weighted by molar-refractivity contribution is 7.89. The molecule has 4 nitrogen and oxygen atoms in total. The van der Waals surface area contributed by atoms with Crippen molar-refractivity contribution in [2.45, 2.75) is 43.2 Å². The summed E-state index contributed by atoms with van der Waals surface area (Å²) < 4.78 is 27.8. The molecule has 0 aliphatic carbocycles. The van der Waals surface area contributed by atoms with E-state index in [1.165, 1.54) is 0 Å². The minimum absolute atomic E-state index is 0. The van der Waals surface area contributed by atoms with Crippen LogP contribution in [0, 0.1) is 6.92 Å². The predicted molar refractivity (Wildman–Crippen MR) is 86.8 cm³/mol. The van der Waals surface area contributed by atoms with Crippen molar-refractivity contribution in [2.24, 2.45) is 0 Å². The third kappa shape index (κ3) is 3.08. The molecular weight excluding hydrogens is 331 g/mol. The summed E-state index contributed by atoms with van der Waals surface area (Å²) >= 11 is 5.99. The molecule has 0 amide bonds. The molecule has 2 atom stereocenters. The van der Waals surface area contributed by atoms with E-state index in [4.69, 9.17) is 11.6 Å². The van der Waals surface area contributed by atoms with Crippen LogP contribution in [0.2, 0.25) is 5.02 Å². The summed E-state index contributed by atoms with van der Waals surface area (Å²) in [6.07, 6.45) is 2.79. The lowest BCUT2D eigenvalue weighted by Crippen LogP contribution is -2.42. The Labute approximate surface area is 137 Å². The second kappa shape index (κ2) is 6.42. The van der Waals surface area contributed by atoms with Gasteiger partial charge in [0.25, 0.3) is 0 Å². The van der Waals surface area contributed by atoms with Gasteiger partial charge in [-0.15, -0.1) is 12.4 Å². The van der Waals surface area contributed by atoms with Crippen molar-refractivity contribution < 1.29 is 8.42 Å². The fourth-order valence-electron chi connectivity index (χ4n) is 3.30. The summed E-state index contributed by atoms with van der Waals surface area (Å²) in [5.41, 5.74) is 0.756. The van der Waals surface area contributed by atoms with Crippen LogP contribution in [0.4, 0.5) is 0 Å². The van der Waals surface area contributed by atoms with Crippen LogP contribution in [0.25, 0.3) is 0 Å². The molecule has 0 saturated carbocycles. The minimum Gasteiger partial charge on any atom is -0.315 e. The third-order valence-electron chi connectivity index (χ3n) is 4.29. The summed E-state index contributed by atoms with van der Waals surface area (Å²) in [7, 11) is -3.47. The number of halogens is 2. The monoisotopic (exact) mass is 350 g/mol. The molecule has 3 rings (SSSR count). The van der Waals surface area contributed by atoms with Gasteiger partial charge in [0.15, 0.2) is 0 Å². The number of nitrogens with zero attached hydrogens (tertiary/aromatic N) is 1. The lowest BCUT2D eigenvalue weighted by molar-refractivity contribution is 0.334. The first-order valence-electron chi connectivity index (χ1n) is 7.00. The first-order chi connectivity index (χ1) is 9.50. The standard InChI is InChI=1S/C14H19ClN2O2S.ClH/c1-10-2-3-11(15)8-14(10)20(18,19)17-12-4-5-13(17)9-16-7-6-12;/h2-3,8,12-13,16H,4-7,9H2,1H3;1H. The molecular formula is C14H20Cl2N2O2S. The molecule has 1 aromatic carbocycles. The van der Waals surface area contributed by atoms with E-state index in [1.54, 1.807) is 22.5 Å². The second-order valence-corrected chi connectivity index (χ2v) is 7.87. The Balaban J connectivity index is 0.00000161. The van der Waals surface area contributed by atoms with Crippen molar-refractivity contribution in [1.29, 1.82) is 0 Å². The smallest absolute Gasteiger partial charge is 0.243 e. The molecule has 2 bridgehead atoms. The van der Waals surface area contributed by atoms with E-state index in [1.807, 2.05) is 6.92 Å². The van der Waals surface area contributed by atoms with Crippen LogP contribution in [0.1, 0.15) is 24.8 Å². The maximum Gasteiger partial charge on any atom is 0.243 e. The van der Waals surface area contributed by atoms with Crippen LogP contribution in [0.3, 0.4) is 0 Å². The molecule has 0 aromatic heterocycles. The maximum absolute atomic E-state index is 13.0. The Morgan fingerprint density at radius 3 is 2.71 bits per heavy atom. The van der Waals surface area contributed by atoms with E-state index in [0.29, 0.717) is 9.92 Å². The van der Waals surface area contributed by atoms with Crippen LogP contribution < -0.4 is 5.32 Å². The van der Waals surface area contributed by atoms with Crippen molar-refractivity contribution in [2.75, 3.05) is 13.1 Å². The Morgan fingerprint density at radius 1 is 1.24 bits per heavy atom. The fraction of sp³-hybridized carbons (Fsp3) is 0.571. The molecule has 0 spiro atoms. The molecule has 2 heterocycles. The normalized spacial score (nSPS) is 26.2. The minimum atomic E-state index is -3.47. The van der Waals surface area contributed by atoms with Crippen LogP contribution >= 0.6 is 24.0 Å². The van der Waals surface area contributed by atoms with Gasteiger partial charge in [-0.2, -0.15) is 4.31 Å². The number of benzene rings is 1. The van der Waals surface area contributed by atoms with Crippen molar-refractivity contribution in [3.63, 3.8) is 0 Å². The Kier molecular flexibility index (Phi) is 5.21. The van der Waals surface area contributed by atoms with Crippen LogP contribution in [0.5, 0.6) is 0 Å². The predicted octanol–water partition coefficient (Wildman–Crippen LogP) is 2.59. The number of aryl methyl sites for hydroxylation is 1. The molecule has 2 aliphatic rings. The Hall–Kier alpha value is -0.330. The number of fused-ring (bicyclic) bond motifs is 2. The van der Waals surface area contributed by atoms with Gasteiger partial charge in [-0.1, -0.05) is 17.7 Å². The highest BCUT2D eigenvalue weighted by Crippen LogP contribution is 2.35. The van der Waals surface area contributed by atoms with E-state index < -0.39 is 10.0 Å². The summed E-state index contributed by atoms with van der Waals surface area (Å²) in [6.45, 7) is 3.46. The zero-order chi connectivity index (χ0) is 14.3. The second-order valence-electron chi connectivity index (χ2n) is 5.62. The van der Waals surface area contributed by atoms with Gasteiger partial charge in [0, 0.05) is 23.7 Å². The van der Waals surface area contributed by atoms with Crippen molar-refractivity contribution in [3.05, 3.63) is 28.8 Å². The number of sulfonamides is 1. The van der Waals surface area contributed by atoms with E-state index >= 15 is 0 Å². The van der Waals surface area contributed by atoms with E-state index in [-0.39, 0.29) is 24.5 Å². The SMILES string of the molecule is Cc1ccc(Cl)cc1S(=O)(=O)N1C2CCNCC1CC2.Cl. The van der Waals surface area contributed by atoms with E-state index in [9.17, 15) is 8.42 Å². The largest absolute Gasteiger partial charge is 0.315 e. The topological polar surface area (TPSA) is 49.4 Å². The summed E-state index contributed by atoms with van der Waals surface area (Å²) in [5.74, 6) is 0. The zero-order valence-electron chi connectivity index (χ0n) is 11.9. The Morgan fingerprint density at radius 2 is 1.95 bits per heavy atom. The molecule has 2 aliphatic heterocycles. The van der Waals surface area contributed by atoms with Crippen LogP contribution in [-0.2, 0) is 10.0 Å². The Bertz CT molecular complexity index is 607. The molecule has 2 saturated heterocycles. The molecule has 0 radical (unpaired) electrons. The molecule has 2 fully saturated rings. The maximum atomic E-state index is 13.0. The zero-order valence-corrected chi connectivity index (χ0v) is 14.3. The average Bonchev–Trinajstić information content (AvgIpc) is 2.66. The quantitative estimate of drug-likeness (QED) is 0.891. The summed E-state index contributed by atoms with van der Waals surface area (Å²) in [6, 6.07) is 5.27. The summed E-state index contributed by atoms with van der Waals surface area (Å²) in [5, 5.41) is 3.79. The first-order valence-corrected chi connectivity index (χ1v) is 8.82.